The van der Waals surface area contributed by atoms with Crippen molar-refractivity contribution in [1.82, 2.24) is 24.6 Å². The lowest BCUT2D eigenvalue weighted by atomic mass is 10.4. The zero-order valence-electron chi connectivity index (χ0n) is 9.33. The number of halogens is 1. The van der Waals surface area contributed by atoms with Crippen molar-refractivity contribution in [2.24, 2.45) is 0 Å². The first-order valence-corrected chi connectivity index (χ1v) is 5.62. The van der Waals surface area contributed by atoms with E-state index < -0.39 is 0 Å². The number of hydrogen-bond acceptors (Lipinski definition) is 4. The predicted octanol–water partition coefficient (Wildman–Crippen LogP) is 1.13. The van der Waals surface area contributed by atoms with Crippen LogP contribution in [-0.4, -0.2) is 44.7 Å². The number of rotatable bonds is 2. The zero-order valence-corrected chi connectivity index (χ0v) is 10.9. The van der Waals surface area contributed by atoms with Gasteiger partial charge in [0.05, 0.1) is 0 Å². The predicted molar refractivity (Wildman–Crippen MR) is 64.9 cm³/mol. The molecule has 0 atom stereocenters. The van der Waals surface area contributed by atoms with Crippen LogP contribution in [0.5, 0.6) is 0 Å². The van der Waals surface area contributed by atoms with Gasteiger partial charge in [-0.2, -0.15) is 5.10 Å². The van der Waals surface area contributed by atoms with Crippen molar-refractivity contribution >= 4 is 21.8 Å². The second-order valence-electron chi connectivity index (χ2n) is 3.54. The van der Waals surface area contributed by atoms with Crippen molar-refractivity contribution in [1.29, 1.82) is 0 Å². The molecule has 0 saturated carbocycles. The minimum atomic E-state index is -0.142. The molecular weight excluding hydrogens is 286 g/mol. The summed E-state index contributed by atoms with van der Waals surface area (Å²) in [5.74, 6) is 0.460. The van der Waals surface area contributed by atoms with E-state index in [1.165, 1.54) is 15.9 Å². The van der Waals surface area contributed by atoms with Crippen LogP contribution in [0.4, 0.5) is 0 Å². The van der Waals surface area contributed by atoms with E-state index >= 15 is 0 Å². The number of amides is 1. The molecule has 88 valence electrons. The van der Waals surface area contributed by atoms with Crippen molar-refractivity contribution in [2.45, 2.75) is 0 Å². The maximum atomic E-state index is 11.7. The fourth-order valence-corrected chi connectivity index (χ4v) is 1.54. The first kappa shape index (κ1) is 11.7. The Morgan fingerprint density at radius 1 is 1.41 bits per heavy atom. The molecule has 7 heteroatoms. The zero-order chi connectivity index (χ0) is 12.4. The Morgan fingerprint density at radius 2 is 2.18 bits per heavy atom. The van der Waals surface area contributed by atoms with Gasteiger partial charge < -0.3 is 4.90 Å². The summed E-state index contributed by atoms with van der Waals surface area (Å²) in [6, 6.07) is 3.37. The van der Waals surface area contributed by atoms with Crippen molar-refractivity contribution in [3.05, 3.63) is 35.0 Å². The van der Waals surface area contributed by atoms with E-state index in [-0.39, 0.29) is 5.91 Å². The summed E-state index contributed by atoms with van der Waals surface area (Å²) >= 11 is 3.25. The lowest BCUT2D eigenvalue weighted by Crippen LogP contribution is -2.22. The highest BCUT2D eigenvalue weighted by Crippen LogP contribution is 2.10. The van der Waals surface area contributed by atoms with Crippen molar-refractivity contribution in [3.63, 3.8) is 0 Å². The Morgan fingerprint density at radius 3 is 2.82 bits per heavy atom. The largest absolute Gasteiger partial charge is 0.343 e. The van der Waals surface area contributed by atoms with Crippen molar-refractivity contribution in [2.75, 3.05) is 14.1 Å². The highest BCUT2D eigenvalue weighted by atomic mass is 79.9. The highest BCUT2D eigenvalue weighted by molar-refractivity contribution is 9.10. The maximum Gasteiger partial charge on any atom is 0.273 e. The molecule has 2 aromatic heterocycles. The van der Waals surface area contributed by atoms with Crippen LogP contribution in [0.15, 0.2) is 29.3 Å². The topological polar surface area (TPSA) is 63.9 Å². The van der Waals surface area contributed by atoms with Gasteiger partial charge in [0.15, 0.2) is 11.5 Å². The van der Waals surface area contributed by atoms with E-state index in [1.54, 1.807) is 32.4 Å². The van der Waals surface area contributed by atoms with Gasteiger partial charge in [-0.25, -0.2) is 14.6 Å². The molecule has 0 N–H and O–H groups in total. The summed E-state index contributed by atoms with van der Waals surface area (Å²) in [5, 5.41) is 4.16. The van der Waals surface area contributed by atoms with Crippen LogP contribution in [0.3, 0.4) is 0 Å². The van der Waals surface area contributed by atoms with E-state index in [1.807, 2.05) is 0 Å². The summed E-state index contributed by atoms with van der Waals surface area (Å²) in [6.45, 7) is 0. The average molecular weight is 296 g/mol. The van der Waals surface area contributed by atoms with Crippen molar-refractivity contribution < 1.29 is 4.79 Å². The summed E-state index contributed by atoms with van der Waals surface area (Å²) < 4.78 is 2.20. The van der Waals surface area contributed by atoms with Gasteiger partial charge in [0.2, 0.25) is 0 Å². The van der Waals surface area contributed by atoms with Crippen LogP contribution in [0, 0.1) is 0 Å². The van der Waals surface area contributed by atoms with Gasteiger partial charge in [-0.3, -0.25) is 4.79 Å². The van der Waals surface area contributed by atoms with E-state index in [4.69, 9.17) is 0 Å². The number of nitrogens with zero attached hydrogens (tertiary/aromatic N) is 5. The third kappa shape index (κ3) is 2.50. The van der Waals surface area contributed by atoms with Gasteiger partial charge in [-0.05, 0) is 22.0 Å². The number of carbonyl (C=O) groups excluding carboxylic acids is 1. The Hall–Kier alpha value is -1.76. The normalized spacial score (nSPS) is 10.3. The Labute approximate surface area is 106 Å². The third-order valence-electron chi connectivity index (χ3n) is 2.07. The molecule has 0 aromatic carbocycles. The van der Waals surface area contributed by atoms with Crippen LogP contribution in [0.1, 0.15) is 10.5 Å². The molecule has 2 rings (SSSR count). The molecule has 0 saturated heterocycles. The van der Waals surface area contributed by atoms with Gasteiger partial charge in [-0.15, -0.1) is 0 Å². The van der Waals surface area contributed by atoms with Gasteiger partial charge in [0.1, 0.15) is 10.9 Å². The van der Waals surface area contributed by atoms with Gasteiger partial charge in [-0.1, -0.05) is 0 Å². The second kappa shape index (κ2) is 4.62. The molecule has 0 fully saturated rings. The number of carbonyl (C=O) groups is 1. The maximum absolute atomic E-state index is 11.7. The summed E-state index contributed by atoms with van der Waals surface area (Å²) in [6.07, 6.45) is 3.11. The molecule has 6 nitrogen and oxygen atoms in total. The van der Waals surface area contributed by atoms with E-state index in [0.29, 0.717) is 16.1 Å². The Kier molecular flexibility index (Phi) is 3.19. The molecule has 0 unspecified atom stereocenters. The molecule has 17 heavy (non-hydrogen) atoms. The summed E-state index contributed by atoms with van der Waals surface area (Å²) in [7, 11) is 3.37. The fraction of sp³-hybridized carbons (Fsp3) is 0.200. The Bertz CT molecular complexity index is 551. The molecule has 0 aliphatic carbocycles. The van der Waals surface area contributed by atoms with Crippen LogP contribution >= 0.6 is 15.9 Å². The molecular formula is C10H10BrN5O. The number of hydrogen-bond donors (Lipinski definition) is 0. The third-order valence-corrected chi connectivity index (χ3v) is 2.50. The molecule has 2 heterocycles. The lowest BCUT2D eigenvalue weighted by Gasteiger charge is -2.06. The SMILES string of the molecule is CN(C)C(=O)c1ccn(-c2cc(Br)ncn2)n1. The van der Waals surface area contributed by atoms with Crippen molar-refractivity contribution in [3.8, 4) is 5.82 Å². The lowest BCUT2D eigenvalue weighted by molar-refractivity contribution is 0.0821. The number of aromatic nitrogens is 4. The standard InChI is InChI=1S/C10H10BrN5O/c1-15(2)10(17)7-3-4-16(14-7)9-5-8(11)12-6-13-9/h3-6H,1-2H3. The van der Waals surface area contributed by atoms with Crippen LogP contribution in [0.25, 0.3) is 5.82 Å². The Balaban J connectivity index is 2.33. The minimum Gasteiger partial charge on any atom is -0.343 e. The molecule has 1 amide bonds. The summed E-state index contributed by atoms with van der Waals surface area (Å²) in [5.41, 5.74) is 0.379. The van der Waals surface area contributed by atoms with Gasteiger partial charge in [0, 0.05) is 26.4 Å². The van der Waals surface area contributed by atoms with Crippen LogP contribution in [0.2, 0.25) is 0 Å². The van der Waals surface area contributed by atoms with E-state index in [9.17, 15) is 4.79 Å². The first-order chi connectivity index (χ1) is 8.08. The quantitative estimate of drug-likeness (QED) is 0.779. The molecule has 0 aliphatic heterocycles. The second-order valence-corrected chi connectivity index (χ2v) is 4.36. The van der Waals surface area contributed by atoms with Gasteiger partial charge in [0.25, 0.3) is 5.91 Å². The molecule has 0 radical (unpaired) electrons. The smallest absolute Gasteiger partial charge is 0.273 e. The summed E-state index contributed by atoms with van der Waals surface area (Å²) in [4.78, 5) is 21.1. The molecule has 2 aromatic rings. The van der Waals surface area contributed by atoms with E-state index in [2.05, 4.69) is 31.0 Å². The van der Waals surface area contributed by atoms with Gasteiger partial charge >= 0.3 is 0 Å². The first-order valence-electron chi connectivity index (χ1n) is 4.83. The molecule has 0 bridgehead atoms. The minimum absolute atomic E-state index is 0.142. The fourth-order valence-electron chi connectivity index (χ4n) is 1.24. The van der Waals surface area contributed by atoms with Crippen LogP contribution in [-0.2, 0) is 0 Å². The highest BCUT2D eigenvalue weighted by Gasteiger charge is 2.12. The average Bonchev–Trinajstić information content (AvgIpc) is 2.77. The van der Waals surface area contributed by atoms with E-state index in [0.717, 1.165) is 0 Å². The monoisotopic (exact) mass is 295 g/mol. The molecule has 0 aliphatic rings. The van der Waals surface area contributed by atoms with Crippen LogP contribution < -0.4 is 0 Å². The molecule has 0 spiro atoms.